The lowest BCUT2D eigenvalue weighted by Crippen LogP contribution is -2.23. The molecule has 0 N–H and O–H groups in total. The fourth-order valence-corrected chi connectivity index (χ4v) is 3.07. The van der Waals surface area contributed by atoms with Gasteiger partial charge in [0.15, 0.2) is 5.78 Å². The Labute approximate surface area is 149 Å². The molecule has 2 heteroatoms. The maximum atomic E-state index is 12.3. The summed E-state index contributed by atoms with van der Waals surface area (Å²) in [6, 6.07) is 29.9. The number of rotatable bonds is 7. The van der Waals surface area contributed by atoms with Gasteiger partial charge in [0.25, 0.3) is 0 Å². The average molecular weight is 330 g/mol. The molecule has 126 valence electrons. The lowest BCUT2D eigenvalue weighted by Gasteiger charge is -2.25. The number of hydrogen-bond acceptors (Lipinski definition) is 2. The lowest BCUT2D eigenvalue weighted by atomic mass is 9.87. The standard InChI is InChI=1S/C23H22O2/c1-18(25-17-22(24)19-11-5-2-6-12-19)23(20-13-7-3-8-14-20)21-15-9-4-10-16-21/h2-16,18,23H,17H2,1H3. The van der Waals surface area contributed by atoms with E-state index in [-0.39, 0.29) is 24.4 Å². The first-order valence-corrected chi connectivity index (χ1v) is 8.55. The Morgan fingerprint density at radius 2 is 1.20 bits per heavy atom. The van der Waals surface area contributed by atoms with E-state index in [1.807, 2.05) is 73.7 Å². The van der Waals surface area contributed by atoms with Crippen LogP contribution in [0.1, 0.15) is 34.3 Å². The molecule has 0 aliphatic heterocycles. The van der Waals surface area contributed by atoms with Crippen molar-refractivity contribution in [2.24, 2.45) is 0 Å². The van der Waals surface area contributed by atoms with E-state index in [0.717, 1.165) is 0 Å². The van der Waals surface area contributed by atoms with E-state index in [4.69, 9.17) is 4.74 Å². The zero-order chi connectivity index (χ0) is 17.5. The molecule has 1 unspecified atom stereocenters. The lowest BCUT2D eigenvalue weighted by molar-refractivity contribution is 0.0463. The Bertz CT molecular complexity index is 743. The van der Waals surface area contributed by atoms with Crippen LogP contribution in [0.5, 0.6) is 0 Å². The molecule has 0 fully saturated rings. The summed E-state index contributed by atoms with van der Waals surface area (Å²) in [4.78, 5) is 12.3. The molecular formula is C23H22O2. The first-order valence-electron chi connectivity index (χ1n) is 8.55. The molecule has 25 heavy (non-hydrogen) atoms. The second-order valence-electron chi connectivity index (χ2n) is 6.10. The van der Waals surface area contributed by atoms with Crippen LogP contribution in [0.4, 0.5) is 0 Å². The van der Waals surface area contributed by atoms with Crippen LogP contribution in [0.15, 0.2) is 91.0 Å². The van der Waals surface area contributed by atoms with Crippen LogP contribution in [-0.2, 0) is 4.74 Å². The molecule has 0 aliphatic rings. The van der Waals surface area contributed by atoms with Gasteiger partial charge in [0.2, 0.25) is 0 Å². The van der Waals surface area contributed by atoms with E-state index < -0.39 is 0 Å². The van der Waals surface area contributed by atoms with Crippen LogP contribution in [0.3, 0.4) is 0 Å². The number of Topliss-reactive ketones (excluding diaryl/α,β-unsaturated/α-hetero) is 1. The van der Waals surface area contributed by atoms with Crippen molar-refractivity contribution in [3.8, 4) is 0 Å². The van der Waals surface area contributed by atoms with Gasteiger partial charge in [-0.2, -0.15) is 0 Å². The maximum absolute atomic E-state index is 12.3. The third kappa shape index (κ3) is 4.43. The van der Waals surface area contributed by atoms with Crippen LogP contribution < -0.4 is 0 Å². The van der Waals surface area contributed by atoms with Crippen molar-refractivity contribution in [1.29, 1.82) is 0 Å². The minimum absolute atomic E-state index is 0.00678. The van der Waals surface area contributed by atoms with Gasteiger partial charge in [-0.15, -0.1) is 0 Å². The second-order valence-corrected chi connectivity index (χ2v) is 6.10. The summed E-state index contributed by atoms with van der Waals surface area (Å²) in [5.74, 6) is 0.0956. The summed E-state index contributed by atoms with van der Waals surface area (Å²) >= 11 is 0. The van der Waals surface area contributed by atoms with Crippen molar-refractivity contribution in [2.45, 2.75) is 18.9 Å². The van der Waals surface area contributed by atoms with Crippen molar-refractivity contribution in [2.75, 3.05) is 6.61 Å². The predicted octanol–water partition coefficient (Wildman–Crippen LogP) is 5.11. The Hall–Kier alpha value is -2.71. The van der Waals surface area contributed by atoms with Crippen molar-refractivity contribution in [1.82, 2.24) is 0 Å². The Balaban J connectivity index is 1.76. The molecule has 0 bridgehead atoms. The topological polar surface area (TPSA) is 26.3 Å². The quantitative estimate of drug-likeness (QED) is 0.563. The zero-order valence-electron chi connectivity index (χ0n) is 14.3. The first-order chi connectivity index (χ1) is 12.3. The molecule has 0 saturated heterocycles. The number of ketones is 1. The van der Waals surface area contributed by atoms with Crippen LogP contribution in [0, 0.1) is 0 Å². The first kappa shape index (κ1) is 17.1. The van der Waals surface area contributed by atoms with Crippen LogP contribution in [-0.4, -0.2) is 18.5 Å². The number of hydrogen-bond donors (Lipinski definition) is 0. The molecule has 1 atom stereocenters. The molecule has 3 aromatic carbocycles. The third-order valence-electron chi connectivity index (χ3n) is 4.36. The summed E-state index contributed by atoms with van der Waals surface area (Å²) < 4.78 is 5.98. The fraction of sp³-hybridized carbons (Fsp3) is 0.174. The van der Waals surface area contributed by atoms with Crippen molar-refractivity contribution >= 4 is 5.78 Å². The molecule has 0 amide bonds. The van der Waals surface area contributed by atoms with E-state index in [9.17, 15) is 4.79 Å². The highest BCUT2D eigenvalue weighted by molar-refractivity contribution is 5.97. The molecule has 0 radical (unpaired) electrons. The van der Waals surface area contributed by atoms with E-state index in [1.54, 1.807) is 0 Å². The normalized spacial score (nSPS) is 12.1. The highest BCUT2D eigenvalue weighted by Gasteiger charge is 2.22. The number of benzene rings is 3. The van der Waals surface area contributed by atoms with Gasteiger partial charge in [-0.1, -0.05) is 91.0 Å². The fourth-order valence-electron chi connectivity index (χ4n) is 3.07. The Kier molecular flexibility index (Phi) is 5.76. The minimum Gasteiger partial charge on any atom is -0.369 e. The monoisotopic (exact) mass is 330 g/mol. The van der Waals surface area contributed by atoms with Gasteiger partial charge in [-0.05, 0) is 18.1 Å². The SMILES string of the molecule is CC(OCC(=O)c1ccccc1)C(c1ccccc1)c1ccccc1. The van der Waals surface area contributed by atoms with Gasteiger partial charge < -0.3 is 4.74 Å². The highest BCUT2D eigenvalue weighted by Crippen LogP contribution is 2.29. The molecule has 3 aromatic rings. The van der Waals surface area contributed by atoms with Gasteiger partial charge in [-0.25, -0.2) is 0 Å². The van der Waals surface area contributed by atoms with E-state index >= 15 is 0 Å². The number of carbonyl (C=O) groups excluding carboxylic acids is 1. The molecule has 2 nitrogen and oxygen atoms in total. The zero-order valence-corrected chi connectivity index (χ0v) is 14.3. The average Bonchev–Trinajstić information content (AvgIpc) is 2.69. The Morgan fingerprint density at radius 1 is 0.760 bits per heavy atom. The molecule has 0 spiro atoms. The summed E-state index contributed by atoms with van der Waals surface area (Å²) in [5, 5.41) is 0. The van der Waals surface area contributed by atoms with Crippen molar-refractivity contribution in [3.05, 3.63) is 108 Å². The summed E-state index contributed by atoms with van der Waals surface area (Å²) in [6.45, 7) is 2.12. The van der Waals surface area contributed by atoms with Gasteiger partial charge in [0.05, 0.1) is 6.10 Å². The summed E-state index contributed by atoms with van der Waals surface area (Å²) in [7, 11) is 0. The predicted molar refractivity (Wildman–Crippen MR) is 101 cm³/mol. The number of carbonyl (C=O) groups is 1. The Morgan fingerprint density at radius 3 is 1.68 bits per heavy atom. The van der Waals surface area contributed by atoms with Gasteiger partial charge in [-0.3, -0.25) is 4.79 Å². The third-order valence-corrected chi connectivity index (χ3v) is 4.36. The van der Waals surface area contributed by atoms with E-state index in [2.05, 4.69) is 24.3 Å². The summed E-state index contributed by atoms with van der Waals surface area (Å²) in [5.41, 5.74) is 3.06. The van der Waals surface area contributed by atoms with Gasteiger partial charge >= 0.3 is 0 Å². The highest BCUT2D eigenvalue weighted by atomic mass is 16.5. The van der Waals surface area contributed by atoms with Gasteiger partial charge in [0, 0.05) is 11.5 Å². The molecular weight excluding hydrogens is 308 g/mol. The summed E-state index contributed by atoms with van der Waals surface area (Å²) in [6.07, 6.45) is -0.113. The smallest absolute Gasteiger partial charge is 0.188 e. The maximum Gasteiger partial charge on any atom is 0.188 e. The van der Waals surface area contributed by atoms with Crippen LogP contribution in [0.2, 0.25) is 0 Å². The second kappa shape index (κ2) is 8.41. The minimum atomic E-state index is -0.113. The van der Waals surface area contributed by atoms with E-state index in [1.165, 1.54) is 11.1 Å². The van der Waals surface area contributed by atoms with Crippen molar-refractivity contribution in [3.63, 3.8) is 0 Å². The molecule has 0 aliphatic carbocycles. The van der Waals surface area contributed by atoms with Crippen LogP contribution in [0.25, 0.3) is 0 Å². The van der Waals surface area contributed by atoms with Gasteiger partial charge in [0.1, 0.15) is 6.61 Å². The molecule has 3 rings (SSSR count). The largest absolute Gasteiger partial charge is 0.369 e. The molecule has 0 aromatic heterocycles. The van der Waals surface area contributed by atoms with Crippen LogP contribution >= 0.6 is 0 Å². The van der Waals surface area contributed by atoms with Crippen molar-refractivity contribution < 1.29 is 9.53 Å². The number of ether oxygens (including phenoxy) is 1. The molecule has 0 saturated carbocycles. The molecule has 0 heterocycles. The van der Waals surface area contributed by atoms with E-state index in [0.29, 0.717) is 5.56 Å².